The molecule has 0 aromatic carbocycles. The molecule has 0 unspecified atom stereocenters. The lowest BCUT2D eigenvalue weighted by Gasteiger charge is -1.80. The van der Waals surface area contributed by atoms with Crippen LogP contribution in [-0.2, 0) is 0 Å². The smallest absolute Gasteiger partial charge is 0.169 e. The largest absolute Gasteiger partial charge is 0.293 e. The summed E-state index contributed by atoms with van der Waals surface area (Å²) in [5.74, 6) is 0. The van der Waals surface area contributed by atoms with Gasteiger partial charge in [0.2, 0.25) is 0 Å². The van der Waals surface area contributed by atoms with Gasteiger partial charge in [-0.1, -0.05) is 5.16 Å². The van der Waals surface area contributed by atoms with E-state index in [9.17, 15) is 0 Å². The minimum absolute atomic E-state index is 1.00. The SMILES string of the molecule is Cc1nos1. The Morgan fingerprint density at radius 1 is 2.00 bits per heavy atom. The number of hydrogen-bond acceptors (Lipinski definition) is 3. The highest BCUT2D eigenvalue weighted by Gasteiger charge is 1.84. The molecule has 1 aromatic heterocycles. The zero-order chi connectivity index (χ0) is 3.70. The minimum atomic E-state index is 1.00. The van der Waals surface area contributed by atoms with Gasteiger partial charge >= 0.3 is 0 Å². The second-order valence-electron chi connectivity index (χ2n) is 0.768. The molecule has 2 nitrogen and oxygen atoms in total. The molecule has 0 aliphatic rings. The molecule has 0 aliphatic carbocycles. The molecule has 0 N–H and O–H groups in total. The lowest BCUT2D eigenvalue weighted by Crippen LogP contribution is -1.71. The molecule has 5 heavy (non-hydrogen) atoms. The van der Waals surface area contributed by atoms with Crippen molar-refractivity contribution in [3.05, 3.63) is 5.01 Å². The Balaban J connectivity index is 2.83. The Labute approximate surface area is 33.6 Å². The summed E-state index contributed by atoms with van der Waals surface area (Å²) in [6.07, 6.45) is 0. The fraction of sp³-hybridized carbons (Fsp3) is 0.500. The van der Waals surface area contributed by atoms with E-state index in [1.165, 1.54) is 11.6 Å². The zero-order valence-electron chi connectivity index (χ0n) is 2.76. The third-order valence-corrected chi connectivity index (χ3v) is 0.789. The Morgan fingerprint density at radius 3 is 2.40 bits per heavy atom. The quantitative estimate of drug-likeness (QED) is 0.474. The van der Waals surface area contributed by atoms with Crippen molar-refractivity contribution in [2.75, 3.05) is 0 Å². The number of rotatable bonds is 0. The van der Waals surface area contributed by atoms with E-state index < -0.39 is 0 Å². The predicted octanol–water partition coefficient (Wildman–Crippen LogP) is 1.04. The van der Waals surface area contributed by atoms with Crippen LogP contribution >= 0.6 is 11.6 Å². The van der Waals surface area contributed by atoms with Gasteiger partial charge in [0, 0.05) is 0 Å². The van der Waals surface area contributed by atoms with Gasteiger partial charge in [-0.3, -0.25) is 3.96 Å². The zero-order valence-corrected chi connectivity index (χ0v) is 3.58. The van der Waals surface area contributed by atoms with Crippen LogP contribution in [0.5, 0.6) is 0 Å². The summed E-state index contributed by atoms with van der Waals surface area (Å²) in [6.45, 7) is 1.90. The monoisotopic (exact) mass is 89.0 g/mol. The lowest BCUT2D eigenvalue weighted by atomic mass is 10.9. The van der Waals surface area contributed by atoms with Crippen LogP contribution in [0.4, 0.5) is 0 Å². The molecule has 0 amide bonds. The topological polar surface area (TPSA) is 26.0 Å². The highest BCUT2D eigenvalue weighted by Crippen LogP contribution is 2.00. The van der Waals surface area contributed by atoms with Gasteiger partial charge < -0.3 is 0 Å². The standard InChI is InChI=1S/C2H3NOS/c1-2-3-4-5-2/h1H3. The molecule has 0 atom stereocenters. The van der Waals surface area contributed by atoms with Gasteiger partial charge in [-0.15, -0.1) is 0 Å². The average molecular weight is 89.1 g/mol. The van der Waals surface area contributed by atoms with Crippen molar-refractivity contribution in [1.29, 1.82) is 0 Å². The summed E-state index contributed by atoms with van der Waals surface area (Å²) in [5, 5.41) is 4.45. The average Bonchev–Trinajstić information content (AvgIpc) is 1.30. The summed E-state index contributed by atoms with van der Waals surface area (Å²) in [6, 6.07) is 0. The van der Waals surface area contributed by atoms with E-state index in [2.05, 4.69) is 9.11 Å². The molecule has 1 heterocycles. The third kappa shape index (κ3) is 0.326. The summed E-state index contributed by atoms with van der Waals surface area (Å²) in [5.41, 5.74) is 0. The number of nitrogens with zero attached hydrogens (tertiary/aromatic N) is 1. The maximum atomic E-state index is 4.34. The van der Waals surface area contributed by atoms with Crippen LogP contribution in [0.25, 0.3) is 0 Å². The Morgan fingerprint density at radius 2 is 2.40 bits per heavy atom. The van der Waals surface area contributed by atoms with E-state index in [1.807, 2.05) is 6.92 Å². The molecular weight excluding hydrogens is 86.1 g/mol. The Kier molecular flexibility index (Phi) is 0.479. The van der Waals surface area contributed by atoms with Gasteiger partial charge in [0.05, 0.1) is 11.6 Å². The Hall–Kier alpha value is -0.310. The van der Waals surface area contributed by atoms with E-state index in [0.29, 0.717) is 0 Å². The van der Waals surface area contributed by atoms with Gasteiger partial charge in [-0.25, -0.2) is 0 Å². The minimum Gasteiger partial charge on any atom is -0.293 e. The molecule has 0 spiro atoms. The van der Waals surface area contributed by atoms with E-state index >= 15 is 0 Å². The number of aryl methyl sites for hydroxylation is 1. The van der Waals surface area contributed by atoms with E-state index in [-0.39, 0.29) is 0 Å². The predicted molar refractivity (Wildman–Crippen MR) is 19.1 cm³/mol. The fourth-order valence-electron chi connectivity index (χ4n) is 0.112. The lowest BCUT2D eigenvalue weighted by molar-refractivity contribution is 0.470. The van der Waals surface area contributed by atoms with Crippen LogP contribution in [0, 0.1) is 6.92 Å². The van der Waals surface area contributed by atoms with Crippen molar-refractivity contribution in [2.24, 2.45) is 0 Å². The molecule has 1 rings (SSSR count). The highest BCUT2D eigenvalue weighted by molar-refractivity contribution is 7.03. The Bertz CT molecular complexity index is 91.8. The molecule has 0 bridgehead atoms. The fourth-order valence-corrected chi connectivity index (χ4v) is 0.335. The van der Waals surface area contributed by atoms with Crippen molar-refractivity contribution in [1.82, 2.24) is 5.16 Å². The first kappa shape index (κ1) is 2.90. The third-order valence-electron chi connectivity index (χ3n) is 0.324. The number of hydrogen-bond donors (Lipinski definition) is 0. The van der Waals surface area contributed by atoms with Crippen molar-refractivity contribution in [2.45, 2.75) is 6.92 Å². The molecular formula is C2H3NOS. The summed E-state index contributed by atoms with van der Waals surface area (Å²) in [7, 11) is 0. The van der Waals surface area contributed by atoms with Crippen LogP contribution in [-0.4, -0.2) is 5.16 Å². The van der Waals surface area contributed by atoms with E-state index in [0.717, 1.165) is 5.01 Å². The molecule has 0 radical (unpaired) electrons. The summed E-state index contributed by atoms with van der Waals surface area (Å²) >= 11 is 1.31. The normalized spacial score (nSPS) is 9.00. The second kappa shape index (κ2) is 0.825. The first-order valence-corrected chi connectivity index (χ1v) is 2.02. The summed E-state index contributed by atoms with van der Waals surface area (Å²) in [4.78, 5) is 0. The van der Waals surface area contributed by atoms with Gasteiger partial charge in [0.1, 0.15) is 0 Å². The van der Waals surface area contributed by atoms with Gasteiger partial charge in [0.15, 0.2) is 5.01 Å². The van der Waals surface area contributed by atoms with Crippen molar-refractivity contribution >= 4 is 11.6 Å². The maximum absolute atomic E-state index is 4.34. The van der Waals surface area contributed by atoms with Crippen LogP contribution in [0.2, 0.25) is 0 Å². The molecule has 0 aliphatic heterocycles. The molecule has 0 fully saturated rings. The van der Waals surface area contributed by atoms with E-state index in [4.69, 9.17) is 0 Å². The summed E-state index contributed by atoms with van der Waals surface area (Å²) < 4.78 is 4.34. The first-order valence-electron chi connectivity index (χ1n) is 1.28. The van der Waals surface area contributed by atoms with Crippen LogP contribution in [0.1, 0.15) is 5.01 Å². The van der Waals surface area contributed by atoms with Crippen molar-refractivity contribution < 1.29 is 3.96 Å². The molecule has 3 heteroatoms. The van der Waals surface area contributed by atoms with Crippen LogP contribution in [0.15, 0.2) is 3.96 Å². The van der Waals surface area contributed by atoms with Gasteiger partial charge in [-0.05, 0) is 6.92 Å². The van der Waals surface area contributed by atoms with Gasteiger partial charge in [-0.2, -0.15) is 0 Å². The van der Waals surface area contributed by atoms with E-state index in [1.54, 1.807) is 0 Å². The highest BCUT2D eigenvalue weighted by atomic mass is 32.1. The van der Waals surface area contributed by atoms with Crippen LogP contribution < -0.4 is 0 Å². The first-order chi connectivity index (χ1) is 2.39. The van der Waals surface area contributed by atoms with Gasteiger partial charge in [0.25, 0.3) is 0 Å². The van der Waals surface area contributed by atoms with Crippen molar-refractivity contribution in [3.63, 3.8) is 0 Å². The second-order valence-corrected chi connectivity index (χ2v) is 1.67. The number of aromatic nitrogens is 1. The maximum Gasteiger partial charge on any atom is 0.169 e. The van der Waals surface area contributed by atoms with Crippen molar-refractivity contribution in [3.8, 4) is 0 Å². The molecule has 0 saturated heterocycles. The van der Waals surface area contributed by atoms with Crippen LogP contribution in [0.3, 0.4) is 0 Å². The molecule has 28 valence electrons. The molecule has 0 saturated carbocycles. The molecule has 1 aromatic rings.